The third-order valence-electron chi connectivity index (χ3n) is 2.81. The molecule has 0 aromatic heterocycles. The Kier molecular flexibility index (Phi) is 6.16. The molecule has 0 atom stereocenters. The van der Waals surface area contributed by atoms with Gasteiger partial charge in [0, 0.05) is 10.9 Å². The number of nitrogens with one attached hydrogen (secondary N) is 4. The Morgan fingerprint density at radius 2 is 2.12 bits per heavy atom. The van der Waals surface area contributed by atoms with E-state index in [2.05, 4.69) is 31.9 Å². The molecule has 2 rings (SSSR count). The quantitative estimate of drug-likeness (QED) is 0.543. The first-order chi connectivity index (χ1) is 12.3. The molecule has 4 N–H and O–H groups in total. The zero-order valence-electron chi connectivity index (χ0n) is 13.7. The molecule has 0 radical (unpaired) electrons. The predicted molar refractivity (Wildman–Crippen MR) is 96.6 cm³/mol. The molecule has 1 aliphatic rings. The van der Waals surface area contributed by atoms with E-state index in [-0.39, 0.29) is 11.6 Å². The van der Waals surface area contributed by atoms with E-state index < -0.39 is 16.2 Å². The number of hydrogen-bond donors (Lipinski definition) is 4. The van der Waals surface area contributed by atoms with Crippen molar-refractivity contribution in [3.63, 3.8) is 0 Å². The number of hydrogen-bond acceptors (Lipinski definition) is 7. The first-order valence-electron chi connectivity index (χ1n) is 7.02. The fourth-order valence-electron chi connectivity index (χ4n) is 1.85. The molecule has 0 bridgehead atoms. The van der Waals surface area contributed by atoms with E-state index in [1.807, 2.05) is 4.72 Å². The van der Waals surface area contributed by atoms with Crippen LogP contribution in [0.2, 0.25) is 0 Å². The highest BCUT2D eigenvalue weighted by atomic mass is 35.5. The zero-order chi connectivity index (χ0) is 19.2. The van der Waals surface area contributed by atoms with Crippen LogP contribution in [0.4, 0.5) is 10.5 Å². The molecule has 2 amide bonds. The summed E-state index contributed by atoms with van der Waals surface area (Å²) in [5.41, 5.74) is 5.46. The second-order valence-electron chi connectivity index (χ2n) is 4.76. The maximum atomic E-state index is 12.1. The van der Waals surface area contributed by atoms with Crippen LogP contribution in [0.25, 0.3) is 0 Å². The molecule has 12 heteroatoms. The lowest BCUT2D eigenvalue weighted by Crippen LogP contribution is -2.55. The average molecular weight is 399 g/mol. The van der Waals surface area contributed by atoms with Crippen molar-refractivity contribution >= 4 is 39.4 Å². The molecule has 0 saturated carbocycles. The minimum atomic E-state index is -4.22. The van der Waals surface area contributed by atoms with Gasteiger partial charge in [-0.15, -0.1) is 0 Å². The summed E-state index contributed by atoms with van der Waals surface area (Å²) < 4.78 is 33.2. The molecule has 0 unspecified atom stereocenters. The maximum absolute atomic E-state index is 12.1. The van der Waals surface area contributed by atoms with Gasteiger partial charge in [0.1, 0.15) is 12.0 Å². The van der Waals surface area contributed by atoms with Crippen molar-refractivity contribution in [2.75, 3.05) is 11.8 Å². The lowest BCUT2D eigenvalue weighted by molar-refractivity contribution is 0.186. The largest absolute Gasteiger partial charge is 0.480 e. The van der Waals surface area contributed by atoms with Gasteiger partial charge in [0.25, 0.3) is 0 Å². The smallest absolute Gasteiger partial charge is 0.350 e. The molecule has 10 nitrogen and oxygen atoms in total. The van der Waals surface area contributed by atoms with Gasteiger partial charge in [0.15, 0.2) is 0 Å². The Morgan fingerprint density at radius 3 is 2.81 bits per heavy atom. The van der Waals surface area contributed by atoms with E-state index in [4.69, 9.17) is 16.3 Å². The molecular formula is C14H15ClN6O4S. The van der Waals surface area contributed by atoms with E-state index in [0.29, 0.717) is 11.4 Å². The van der Waals surface area contributed by atoms with Crippen LogP contribution < -0.4 is 20.3 Å². The number of rotatable bonds is 5. The Labute approximate surface area is 155 Å². The van der Waals surface area contributed by atoms with Gasteiger partial charge in [-0.25, -0.2) is 14.9 Å². The second-order valence-corrected chi connectivity index (χ2v) is 6.37. The highest BCUT2D eigenvalue weighted by Crippen LogP contribution is 2.15. The third kappa shape index (κ3) is 5.47. The van der Waals surface area contributed by atoms with E-state index >= 15 is 0 Å². The standard InChI is InChI=1S/C14H15ClN6O4S/c1-10-16-13(25-2)9-21(17-10)18-14(22)20-26(23,24)19-12-6-4-3-5-11(12)7-8-15/h3-6,9,19H,1-2H3,(H,16,17)(H2,18,20,22). The number of amidine groups is 1. The fourth-order valence-corrected chi connectivity index (χ4v) is 2.76. The lowest BCUT2D eigenvalue weighted by Gasteiger charge is -2.25. The number of hydrazine groups is 2. The first-order valence-corrected chi connectivity index (χ1v) is 8.88. The Balaban J connectivity index is 2.03. The van der Waals surface area contributed by atoms with Gasteiger partial charge in [0.05, 0.1) is 12.8 Å². The van der Waals surface area contributed by atoms with E-state index in [1.54, 1.807) is 25.1 Å². The molecule has 1 aromatic rings. The number of methoxy groups -OCH3 is 1. The van der Waals surface area contributed by atoms with Crippen LogP contribution in [0.5, 0.6) is 0 Å². The molecule has 138 valence electrons. The number of nitrogens with zero attached hydrogens (tertiary/aromatic N) is 2. The van der Waals surface area contributed by atoms with Crippen LogP contribution in [-0.2, 0) is 14.9 Å². The van der Waals surface area contributed by atoms with E-state index in [9.17, 15) is 13.2 Å². The number of ether oxygens (including phenoxy) is 1. The average Bonchev–Trinajstić information content (AvgIpc) is 2.55. The molecule has 26 heavy (non-hydrogen) atoms. The number of carbonyl (C=O) groups excluding carboxylic acids is 1. The van der Waals surface area contributed by atoms with Gasteiger partial charge in [-0.2, -0.15) is 18.5 Å². The highest BCUT2D eigenvalue weighted by molar-refractivity contribution is 7.91. The highest BCUT2D eigenvalue weighted by Gasteiger charge is 2.18. The van der Waals surface area contributed by atoms with Crippen LogP contribution in [0, 0.1) is 11.3 Å². The number of aliphatic imine (C=N–C) groups is 1. The van der Waals surface area contributed by atoms with Crippen molar-refractivity contribution < 1.29 is 17.9 Å². The Morgan fingerprint density at radius 1 is 1.38 bits per heavy atom. The SMILES string of the molecule is COC1=CN(NC(=O)NS(=O)(=O)Nc2ccccc2C#CCl)NC(C)=N1. The number of urea groups is 1. The molecule has 0 spiro atoms. The topological polar surface area (TPSA) is 124 Å². The van der Waals surface area contributed by atoms with Crippen LogP contribution in [0.1, 0.15) is 12.5 Å². The van der Waals surface area contributed by atoms with Crippen molar-refractivity contribution in [2.45, 2.75) is 6.92 Å². The third-order valence-corrected chi connectivity index (χ3v) is 3.85. The zero-order valence-corrected chi connectivity index (χ0v) is 15.3. The molecule has 0 aliphatic carbocycles. The lowest BCUT2D eigenvalue weighted by atomic mass is 10.2. The number of anilines is 1. The molecule has 1 aromatic carbocycles. The summed E-state index contributed by atoms with van der Waals surface area (Å²) in [7, 11) is -2.81. The van der Waals surface area contributed by atoms with Crippen LogP contribution in [0.15, 0.2) is 41.3 Å². The van der Waals surface area contributed by atoms with Crippen molar-refractivity contribution in [3.05, 3.63) is 41.9 Å². The summed E-state index contributed by atoms with van der Waals surface area (Å²) in [5, 5.41) is 3.26. The summed E-state index contributed by atoms with van der Waals surface area (Å²) in [6.45, 7) is 1.63. The minimum Gasteiger partial charge on any atom is -0.480 e. The summed E-state index contributed by atoms with van der Waals surface area (Å²) in [4.78, 5) is 15.9. The van der Waals surface area contributed by atoms with Crippen LogP contribution in [-0.4, -0.2) is 32.5 Å². The fraction of sp³-hybridized carbons (Fsp3) is 0.143. The van der Waals surface area contributed by atoms with E-state index in [1.165, 1.54) is 19.4 Å². The van der Waals surface area contributed by atoms with E-state index in [0.717, 1.165) is 5.12 Å². The summed E-state index contributed by atoms with van der Waals surface area (Å²) >= 11 is 5.35. The summed E-state index contributed by atoms with van der Waals surface area (Å²) in [6, 6.07) is 5.30. The van der Waals surface area contributed by atoms with Crippen molar-refractivity contribution in [2.24, 2.45) is 4.99 Å². The molecule has 0 fully saturated rings. The maximum Gasteiger partial charge on any atom is 0.350 e. The first kappa shape index (κ1) is 19.2. The number of halogens is 1. The monoisotopic (exact) mass is 398 g/mol. The van der Waals surface area contributed by atoms with Gasteiger partial charge >= 0.3 is 16.2 Å². The number of carbonyl (C=O) groups is 1. The molecular weight excluding hydrogens is 384 g/mol. The van der Waals surface area contributed by atoms with Crippen molar-refractivity contribution in [3.8, 4) is 11.3 Å². The molecule has 1 heterocycles. The predicted octanol–water partition coefficient (Wildman–Crippen LogP) is 0.789. The van der Waals surface area contributed by atoms with Gasteiger partial charge in [-0.05, 0) is 36.6 Å². The van der Waals surface area contributed by atoms with Gasteiger partial charge in [-0.3, -0.25) is 10.1 Å². The minimum absolute atomic E-state index is 0.168. The second kappa shape index (κ2) is 8.32. The van der Waals surface area contributed by atoms with Crippen molar-refractivity contribution in [1.82, 2.24) is 20.7 Å². The van der Waals surface area contributed by atoms with Crippen LogP contribution in [0.3, 0.4) is 0 Å². The summed E-state index contributed by atoms with van der Waals surface area (Å²) in [6.07, 6.45) is 1.32. The van der Waals surface area contributed by atoms with Crippen LogP contribution >= 0.6 is 11.6 Å². The number of amides is 2. The Hall–Kier alpha value is -3.10. The van der Waals surface area contributed by atoms with Gasteiger partial charge in [-0.1, -0.05) is 12.1 Å². The molecule has 1 aliphatic heterocycles. The molecule has 0 saturated heterocycles. The summed E-state index contributed by atoms with van der Waals surface area (Å²) in [5.74, 6) is 3.19. The number of para-hydroxylation sites is 1. The van der Waals surface area contributed by atoms with Crippen molar-refractivity contribution in [1.29, 1.82) is 0 Å². The number of benzene rings is 1. The van der Waals surface area contributed by atoms with Gasteiger partial charge < -0.3 is 4.74 Å². The normalized spacial score (nSPS) is 13.3. The van der Waals surface area contributed by atoms with Gasteiger partial charge in [0.2, 0.25) is 5.88 Å². The Bertz CT molecular complexity index is 919.